The van der Waals surface area contributed by atoms with Crippen LogP contribution in [0.4, 0.5) is 22.0 Å². The fraction of sp³-hybridized carbons (Fsp3) is 0.333. The van der Waals surface area contributed by atoms with Crippen molar-refractivity contribution < 1.29 is 70.8 Å². The van der Waals surface area contributed by atoms with Crippen LogP contribution >= 0.6 is 23.3 Å². The van der Waals surface area contributed by atoms with Gasteiger partial charge >= 0.3 is 29.4 Å². The number of hydrogen-bond donors (Lipinski definition) is 11. The van der Waals surface area contributed by atoms with Gasteiger partial charge in [-0.3, -0.25) is 13.9 Å². The maximum Gasteiger partial charge on any atom is 0.480 e. The molecule has 25 nitrogen and oxygen atoms in total. The van der Waals surface area contributed by atoms with Gasteiger partial charge in [0.05, 0.1) is 12.9 Å². The fourth-order valence-electron chi connectivity index (χ4n) is 6.19. The Bertz CT molecular complexity index is 2450. The zero-order valence-corrected chi connectivity index (χ0v) is 32.7. The molecule has 2 unspecified atom stereocenters. The number of anilines is 3. The summed E-state index contributed by atoms with van der Waals surface area (Å²) >= 11 is 0. The Morgan fingerprint density at radius 2 is 1.57 bits per heavy atom. The highest BCUT2D eigenvalue weighted by Gasteiger charge is 2.49. The number of rotatable bonds is 16. The SMILES string of the molecule is Nc1ccc2cc3ccc(N)cc3[n+](CCCC(=O)NCCNC(=O)O[C@H]3[C@H](O)[C@H](n4cnc5c(N)ncnc54)O[C@@H]3COP(=O)(O)OP(=O)(O)NP(=O)(O)O)c2c1. The maximum atomic E-state index is 12.9. The zero-order chi connectivity index (χ0) is 42.0. The molecule has 3 aromatic heterocycles. The molecule has 312 valence electrons. The number of phosphoric acid groups is 1. The number of aryl methyl sites for hydroxylation is 1. The van der Waals surface area contributed by atoms with E-state index in [0.717, 1.165) is 33.0 Å². The number of nitrogens with two attached hydrogens (primary N) is 3. The Balaban J connectivity index is 1.05. The molecule has 0 saturated carbocycles. The van der Waals surface area contributed by atoms with E-state index in [1.165, 1.54) is 10.9 Å². The van der Waals surface area contributed by atoms with Gasteiger partial charge in [0.15, 0.2) is 23.8 Å². The first kappa shape index (κ1) is 42.7. The molecule has 1 saturated heterocycles. The van der Waals surface area contributed by atoms with E-state index in [0.29, 0.717) is 24.3 Å². The molecule has 1 fully saturated rings. The second-order valence-electron chi connectivity index (χ2n) is 12.8. The van der Waals surface area contributed by atoms with Crippen molar-refractivity contribution in [2.45, 2.75) is 43.9 Å². The van der Waals surface area contributed by atoms with Gasteiger partial charge in [0, 0.05) is 60.2 Å². The van der Waals surface area contributed by atoms with Crippen molar-refractivity contribution in [3.63, 3.8) is 0 Å². The molecule has 2 aromatic carbocycles. The molecule has 28 heteroatoms. The number of phosphoric ester groups is 1. The van der Waals surface area contributed by atoms with E-state index in [2.05, 4.69) is 29.9 Å². The Morgan fingerprint density at radius 3 is 2.22 bits per heavy atom. The number of alkyl carbamates (subject to hydrolysis) is 1. The summed E-state index contributed by atoms with van der Waals surface area (Å²) in [7, 11) is -16.6. The Hall–Kier alpha value is -4.87. The molecule has 14 N–H and O–H groups in total. The molecule has 1 aliphatic heterocycles. The topological polar surface area (TPSA) is 385 Å². The van der Waals surface area contributed by atoms with Crippen LogP contribution in [-0.4, -0.2) is 94.2 Å². The summed E-state index contributed by atoms with van der Waals surface area (Å²) in [4.78, 5) is 75.8. The molecule has 0 aliphatic carbocycles. The van der Waals surface area contributed by atoms with E-state index < -0.39 is 60.6 Å². The number of nitrogens with zero attached hydrogens (tertiary/aromatic N) is 5. The fourth-order valence-corrected chi connectivity index (χ4v) is 9.62. The number of nitrogens with one attached hydrogen (secondary N) is 3. The average Bonchev–Trinajstić information content (AvgIpc) is 3.69. The van der Waals surface area contributed by atoms with Gasteiger partial charge in [-0.25, -0.2) is 33.4 Å². The largest absolute Gasteiger partial charge is 0.480 e. The van der Waals surface area contributed by atoms with Crippen LogP contribution in [0.2, 0.25) is 0 Å². The van der Waals surface area contributed by atoms with Crippen molar-refractivity contribution in [3.05, 3.63) is 55.1 Å². The lowest BCUT2D eigenvalue weighted by Gasteiger charge is -2.22. The van der Waals surface area contributed by atoms with Gasteiger partial charge < -0.3 is 62.0 Å². The lowest BCUT2D eigenvalue weighted by atomic mass is 10.1. The van der Waals surface area contributed by atoms with Crippen molar-refractivity contribution in [3.8, 4) is 0 Å². The quantitative estimate of drug-likeness (QED) is 0.0205. The van der Waals surface area contributed by atoms with Crippen LogP contribution in [0.3, 0.4) is 0 Å². The van der Waals surface area contributed by atoms with Crippen molar-refractivity contribution in [1.29, 1.82) is 0 Å². The molecule has 6 atom stereocenters. The predicted molar refractivity (Wildman–Crippen MR) is 203 cm³/mol. The third kappa shape index (κ3) is 10.4. The number of hydrogen-bond acceptors (Lipinski definition) is 16. The van der Waals surface area contributed by atoms with E-state index in [1.54, 1.807) is 0 Å². The zero-order valence-electron chi connectivity index (χ0n) is 30.0. The average molecular weight is 871 g/mol. The van der Waals surface area contributed by atoms with E-state index in [-0.39, 0.29) is 42.4 Å². The minimum Gasteiger partial charge on any atom is -0.440 e. The number of benzene rings is 2. The van der Waals surface area contributed by atoms with E-state index in [4.69, 9.17) is 41.0 Å². The van der Waals surface area contributed by atoms with Gasteiger partial charge in [-0.05, 0) is 30.3 Å². The number of aliphatic hydroxyl groups excluding tert-OH is 1. The van der Waals surface area contributed by atoms with Gasteiger partial charge in [0.25, 0.3) is 0 Å². The monoisotopic (exact) mass is 870 g/mol. The van der Waals surface area contributed by atoms with E-state index >= 15 is 0 Å². The highest BCUT2D eigenvalue weighted by atomic mass is 31.3. The standard InChI is InChI=1S/C30H38N11O14P3/c31-18-5-3-16-10-17-4-6-19(32)12-21(17)40(20(16)11-18)9-1-2-23(42)34-7-8-35-30(44)54-26-22(13-52-58(50,51)55-57(48,49)39-56(45,46)47)53-29(25(26)43)41-15-38-24-27(33)36-14-37-28(24)41/h3-6,10-12,14-15,22,25-26,29,43H,1-2,7-9,13H2,(H12,31,32,33,34,35,36,37,39,42,44,45,46,47,48,49,50,51)/p+1/t22-,25+,26-,29-/m1/s1. The summed E-state index contributed by atoms with van der Waals surface area (Å²) in [5.74, 6) is -0.324. The summed E-state index contributed by atoms with van der Waals surface area (Å²) in [5.41, 5.74) is 21.1. The van der Waals surface area contributed by atoms with Crippen LogP contribution in [0.25, 0.3) is 33.0 Å². The second-order valence-corrected chi connectivity index (χ2v) is 17.6. The highest BCUT2D eigenvalue weighted by Crippen LogP contribution is 2.61. The minimum absolute atomic E-state index is 0.0142. The minimum atomic E-state index is -5.61. The molecule has 0 bridgehead atoms. The van der Waals surface area contributed by atoms with Gasteiger partial charge in [0.1, 0.15) is 30.6 Å². The van der Waals surface area contributed by atoms with Crippen molar-refractivity contribution >= 4 is 85.5 Å². The molecule has 0 spiro atoms. The van der Waals surface area contributed by atoms with Crippen molar-refractivity contribution in [2.75, 3.05) is 36.9 Å². The molecule has 1 aliphatic rings. The molecule has 0 radical (unpaired) electrons. The lowest BCUT2D eigenvalue weighted by Crippen LogP contribution is -2.42. The van der Waals surface area contributed by atoms with E-state index in [1.807, 2.05) is 47.0 Å². The van der Waals surface area contributed by atoms with E-state index in [9.17, 15) is 38.2 Å². The van der Waals surface area contributed by atoms with Crippen LogP contribution in [-0.2, 0) is 43.3 Å². The summed E-state index contributed by atoms with van der Waals surface area (Å²) in [6.07, 6.45) is -4.70. The lowest BCUT2D eigenvalue weighted by molar-refractivity contribution is -0.645. The Kier molecular flexibility index (Phi) is 12.6. The number of fused-ring (bicyclic) bond motifs is 3. The number of carbonyl (C=O) groups excluding carboxylic acids is 2. The van der Waals surface area contributed by atoms with Crippen LogP contribution in [0, 0.1) is 0 Å². The number of imidazole rings is 1. The number of aliphatic hydroxyl groups is 1. The molecule has 58 heavy (non-hydrogen) atoms. The third-order valence-electron chi connectivity index (χ3n) is 8.59. The molecule has 2 amide bonds. The number of ether oxygens (including phenoxy) is 2. The summed E-state index contributed by atoms with van der Waals surface area (Å²) in [6, 6.07) is 13.2. The van der Waals surface area contributed by atoms with Crippen LogP contribution in [0.5, 0.6) is 0 Å². The smallest absolute Gasteiger partial charge is 0.440 e. The summed E-state index contributed by atoms with van der Waals surface area (Å²) < 4.78 is 58.6. The third-order valence-corrected chi connectivity index (χ3v) is 12.8. The number of nitrogen functional groups attached to an aromatic ring is 3. The normalized spacial score (nSPS) is 20.5. The first-order valence-corrected chi connectivity index (χ1v) is 21.7. The highest BCUT2D eigenvalue weighted by molar-refractivity contribution is 7.70. The number of pyridine rings is 1. The first-order valence-electron chi connectivity index (χ1n) is 17.0. The Labute approximate surface area is 326 Å². The molecule has 4 heterocycles. The predicted octanol–water partition coefficient (Wildman–Crippen LogP) is 0.0328. The second kappa shape index (κ2) is 17.2. The maximum absolute atomic E-state index is 12.9. The van der Waals surface area contributed by atoms with Gasteiger partial charge in [-0.15, -0.1) is 4.86 Å². The number of carbonyl (C=O) groups is 2. The molecule has 5 aromatic rings. The molecule has 6 rings (SSSR count). The van der Waals surface area contributed by atoms with Crippen LogP contribution in [0.15, 0.2) is 55.1 Å². The summed E-state index contributed by atoms with van der Waals surface area (Å²) in [5, 5.41) is 18.3. The molecular formula is C30H39N11O14P3+. The van der Waals surface area contributed by atoms with Crippen LogP contribution in [0.1, 0.15) is 19.1 Å². The first-order chi connectivity index (χ1) is 27.3. The Morgan fingerprint density at radius 1 is 0.914 bits per heavy atom. The number of aromatic nitrogens is 5. The van der Waals surface area contributed by atoms with Crippen molar-refractivity contribution in [2.24, 2.45) is 0 Å². The van der Waals surface area contributed by atoms with Gasteiger partial charge in [0.2, 0.25) is 16.9 Å². The van der Waals surface area contributed by atoms with Gasteiger partial charge in [-0.1, -0.05) is 0 Å². The summed E-state index contributed by atoms with van der Waals surface area (Å²) in [6.45, 7) is -0.753. The van der Waals surface area contributed by atoms with Crippen molar-refractivity contribution in [1.82, 2.24) is 35.0 Å². The van der Waals surface area contributed by atoms with Crippen LogP contribution < -0.4 is 37.3 Å². The number of amides is 2. The van der Waals surface area contributed by atoms with Gasteiger partial charge in [-0.2, -0.15) is 8.88 Å². The molecular weight excluding hydrogens is 831 g/mol.